The highest BCUT2D eigenvalue weighted by molar-refractivity contribution is 7.90. The zero-order valence-corrected chi connectivity index (χ0v) is 19.1. The van der Waals surface area contributed by atoms with Gasteiger partial charge in [-0.15, -0.1) is 0 Å². The molecular formula is C25H27N3O3S. The molecule has 4 rings (SSSR count). The highest BCUT2D eigenvalue weighted by Crippen LogP contribution is 2.30. The lowest BCUT2D eigenvalue weighted by atomic mass is 9.96. The van der Waals surface area contributed by atoms with E-state index in [1.165, 1.54) is 6.26 Å². The Morgan fingerprint density at radius 2 is 1.53 bits per heavy atom. The van der Waals surface area contributed by atoms with Crippen molar-refractivity contribution in [2.24, 2.45) is 0 Å². The second-order valence-corrected chi connectivity index (χ2v) is 10.2. The van der Waals surface area contributed by atoms with Crippen molar-refractivity contribution in [1.29, 1.82) is 0 Å². The Bertz CT molecular complexity index is 1190. The summed E-state index contributed by atoms with van der Waals surface area (Å²) in [5.74, 6) is 0.00890. The van der Waals surface area contributed by atoms with E-state index >= 15 is 0 Å². The number of pyridine rings is 1. The first-order chi connectivity index (χ1) is 15.3. The lowest BCUT2D eigenvalue weighted by Gasteiger charge is -2.39. The van der Waals surface area contributed by atoms with E-state index < -0.39 is 9.84 Å². The SMILES string of the molecule is Cc1cncc(C(=O)N2CCN(C(c3ccccc3)c3ccc(S(C)(=O)=O)cc3)CC2)c1. The average molecular weight is 450 g/mol. The second kappa shape index (κ2) is 9.22. The minimum Gasteiger partial charge on any atom is -0.336 e. The van der Waals surface area contributed by atoms with E-state index in [1.807, 2.05) is 48.2 Å². The summed E-state index contributed by atoms with van der Waals surface area (Å²) in [6, 6.07) is 19.2. The van der Waals surface area contributed by atoms with E-state index in [1.54, 1.807) is 24.5 Å². The van der Waals surface area contributed by atoms with Gasteiger partial charge in [-0.05, 0) is 41.8 Å². The predicted molar refractivity (Wildman–Crippen MR) is 124 cm³/mol. The van der Waals surface area contributed by atoms with Crippen LogP contribution in [0.1, 0.15) is 33.1 Å². The molecule has 2 heterocycles. The van der Waals surface area contributed by atoms with Gasteiger partial charge in [-0.25, -0.2) is 8.42 Å². The van der Waals surface area contributed by atoms with Gasteiger partial charge in [0.2, 0.25) is 0 Å². The summed E-state index contributed by atoms with van der Waals surface area (Å²) < 4.78 is 23.7. The number of hydrogen-bond donors (Lipinski definition) is 0. The fraction of sp³-hybridized carbons (Fsp3) is 0.280. The number of benzene rings is 2. The number of piperazine rings is 1. The predicted octanol–water partition coefficient (Wildman–Crippen LogP) is 3.34. The average Bonchev–Trinajstić information content (AvgIpc) is 2.80. The lowest BCUT2D eigenvalue weighted by Crippen LogP contribution is -2.49. The molecule has 1 amide bonds. The van der Waals surface area contributed by atoms with Crippen LogP contribution >= 0.6 is 0 Å². The van der Waals surface area contributed by atoms with Gasteiger partial charge < -0.3 is 4.90 Å². The van der Waals surface area contributed by atoms with Gasteiger partial charge in [0.1, 0.15) is 0 Å². The largest absolute Gasteiger partial charge is 0.336 e. The second-order valence-electron chi connectivity index (χ2n) is 8.23. The molecule has 3 aromatic rings. The lowest BCUT2D eigenvalue weighted by molar-refractivity contribution is 0.0597. The van der Waals surface area contributed by atoms with Gasteiger partial charge >= 0.3 is 0 Å². The number of aromatic nitrogens is 1. The monoisotopic (exact) mass is 449 g/mol. The first-order valence-corrected chi connectivity index (χ1v) is 12.5. The maximum absolute atomic E-state index is 12.9. The first-order valence-electron chi connectivity index (χ1n) is 10.6. The van der Waals surface area contributed by atoms with Gasteiger partial charge in [0.25, 0.3) is 5.91 Å². The summed E-state index contributed by atoms with van der Waals surface area (Å²) in [6.45, 7) is 4.62. The zero-order valence-electron chi connectivity index (χ0n) is 18.3. The van der Waals surface area contributed by atoms with Crippen molar-refractivity contribution in [3.05, 3.63) is 95.3 Å². The van der Waals surface area contributed by atoms with Crippen LogP contribution in [0.5, 0.6) is 0 Å². The molecule has 32 heavy (non-hydrogen) atoms. The van der Waals surface area contributed by atoms with E-state index in [4.69, 9.17) is 0 Å². The third-order valence-corrected chi connectivity index (χ3v) is 6.96. The Labute approximate surface area is 189 Å². The van der Waals surface area contributed by atoms with Gasteiger partial charge in [0.05, 0.1) is 16.5 Å². The molecule has 1 atom stereocenters. The fourth-order valence-electron chi connectivity index (χ4n) is 4.18. The van der Waals surface area contributed by atoms with Crippen LogP contribution in [-0.4, -0.2) is 61.5 Å². The number of sulfone groups is 1. The Balaban J connectivity index is 1.55. The number of amides is 1. The first kappa shape index (κ1) is 22.2. The van der Waals surface area contributed by atoms with Gasteiger partial charge in [-0.2, -0.15) is 0 Å². The molecule has 0 radical (unpaired) electrons. The van der Waals surface area contributed by atoms with Crippen molar-refractivity contribution in [3.63, 3.8) is 0 Å². The maximum atomic E-state index is 12.9. The van der Waals surface area contributed by atoms with E-state index in [0.29, 0.717) is 23.5 Å². The quantitative estimate of drug-likeness (QED) is 0.598. The molecule has 7 heteroatoms. The molecule has 1 aromatic heterocycles. The van der Waals surface area contributed by atoms with Crippen molar-refractivity contribution in [2.75, 3.05) is 32.4 Å². The topological polar surface area (TPSA) is 70.6 Å². The molecule has 166 valence electrons. The van der Waals surface area contributed by atoms with Crippen LogP contribution in [0.25, 0.3) is 0 Å². The number of aryl methyl sites for hydroxylation is 1. The van der Waals surface area contributed by atoms with Crippen LogP contribution < -0.4 is 0 Å². The van der Waals surface area contributed by atoms with E-state index in [0.717, 1.165) is 29.8 Å². The summed E-state index contributed by atoms with van der Waals surface area (Å²) in [5.41, 5.74) is 3.76. The maximum Gasteiger partial charge on any atom is 0.255 e. The zero-order chi connectivity index (χ0) is 22.7. The molecule has 1 fully saturated rings. The minimum absolute atomic E-state index is 0.00890. The molecule has 1 aliphatic heterocycles. The Hall–Kier alpha value is -3.03. The third kappa shape index (κ3) is 4.89. The molecule has 1 saturated heterocycles. The Morgan fingerprint density at radius 1 is 0.906 bits per heavy atom. The van der Waals surface area contributed by atoms with E-state index in [9.17, 15) is 13.2 Å². The number of nitrogens with zero attached hydrogens (tertiary/aromatic N) is 3. The minimum atomic E-state index is -3.24. The number of rotatable bonds is 5. The Morgan fingerprint density at radius 3 is 2.12 bits per heavy atom. The molecule has 0 bridgehead atoms. The third-order valence-electron chi connectivity index (χ3n) is 5.83. The summed E-state index contributed by atoms with van der Waals surface area (Å²) in [6.07, 6.45) is 4.59. The van der Waals surface area contributed by atoms with Crippen LogP contribution in [-0.2, 0) is 9.84 Å². The van der Waals surface area contributed by atoms with Crippen molar-refractivity contribution in [3.8, 4) is 0 Å². The van der Waals surface area contributed by atoms with Gasteiger partial charge in [-0.3, -0.25) is 14.7 Å². The van der Waals surface area contributed by atoms with Crippen LogP contribution in [0.15, 0.2) is 78.0 Å². The van der Waals surface area contributed by atoms with E-state index in [2.05, 4.69) is 22.0 Å². The molecule has 6 nitrogen and oxygen atoms in total. The smallest absolute Gasteiger partial charge is 0.255 e. The van der Waals surface area contributed by atoms with Crippen molar-refractivity contribution in [1.82, 2.24) is 14.8 Å². The summed E-state index contributed by atoms with van der Waals surface area (Å²) in [4.78, 5) is 21.6. The molecule has 0 saturated carbocycles. The molecule has 1 unspecified atom stereocenters. The molecular weight excluding hydrogens is 422 g/mol. The molecule has 2 aromatic carbocycles. The van der Waals surface area contributed by atoms with Crippen LogP contribution in [0.2, 0.25) is 0 Å². The van der Waals surface area contributed by atoms with Gasteiger partial charge in [0.15, 0.2) is 9.84 Å². The normalized spacial score (nSPS) is 16.0. The summed E-state index contributed by atoms with van der Waals surface area (Å²) >= 11 is 0. The van der Waals surface area contributed by atoms with Crippen LogP contribution in [0.3, 0.4) is 0 Å². The van der Waals surface area contributed by atoms with Crippen molar-refractivity contribution in [2.45, 2.75) is 17.9 Å². The van der Waals surface area contributed by atoms with E-state index in [-0.39, 0.29) is 11.9 Å². The standard InChI is InChI=1S/C25H27N3O3S/c1-19-16-22(18-26-17-19)25(29)28-14-12-27(13-15-28)24(20-6-4-3-5-7-20)21-8-10-23(11-9-21)32(2,30)31/h3-11,16-18,24H,12-15H2,1-2H3. The summed E-state index contributed by atoms with van der Waals surface area (Å²) in [5, 5.41) is 0. The molecule has 0 spiro atoms. The highest BCUT2D eigenvalue weighted by Gasteiger charge is 2.29. The molecule has 0 N–H and O–H groups in total. The van der Waals surface area contributed by atoms with Crippen LogP contribution in [0.4, 0.5) is 0 Å². The summed E-state index contributed by atoms with van der Waals surface area (Å²) in [7, 11) is -3.24. The highest BCUT2D eigenvalue weighted by atomic mass is 32.2. The number of carbonyl (C=O) groups is 1. The van der Waals surface area contributed by atoms with Crippen molar-refractivity contribution < 1.29 is 13.2 Å². The number of hydrogen-bond acceptors (Lipinski definition) is 5. The van der Waals surface area contributed by atoms with Gasteiger partial charge in [-0.1, -0.05) is 42.5 Å². The van der Waals surface area contributed by atoms with Crippen LogP contribution in [0, 0.1) is 6.92 Å². The molecule has 0 aliphatic carbocycles. The Kier molecular flexibility index (Phi) is 6.39. The number of carbonyl (C=O) groups excluding carboxylic acids is 1. The van der Waals surface area contributed by atoms with Crippen molar-refractivity contribution >= 4 is 15.7 Å². The fourth-order valence-corrected chi connectivity index (χ4v) is 4.81. The molecule has 1 aliphatic rings. The van der Waals surface area contributed by atoms with Gasteiger partial charge in [0, 0.05) is 44.8 Å².